The number of anilines is 1. The standard InChI is InChI=1S/C21H18N2O4/c24-18-5-6-22-17-10-13(2-3-14(17)18)23-21(25)16-11-15(16)12-1-4-19-20(9-12)27-8-7-26-19/h1-6,9-10,15-16H,7-8,11H2,(H,22,24)(H,23,25)/t15-,16-/m1/s1. The van der Waals surface area contributed by atoms with Gasteiger partial charge in [0.25, 0.3) is 0 Å². The van der Waals surface area contributed by atoms with Crippen LogP contribution in [0.3, 0.4) is 0 Å². The lowest BCUT2D eigenvalue weighted by Gasteiger charge is -2.18. The van der Waals surface area contributed by atoms with E-state index in [0.29, 0.717) is 29.8 Å². The van der Waals surface area contributed by atoms with Gasteiger partial charge < -0.3 is 19.8 Å². The summed E-state index contributed by atoms with van der Waals surface area (Å²) in [6.07, 6.45) is 2.42. The zero-order valence-electron chi connectivity index (χ0n) is 14.5. The molecule has 0 unspecified atom stereocenters. The van der Waals surface area contributed by atoms with Gasteiger partial charge in [0.05, 0.1) is 5.52 Å². The Bertz CT molecular complexity index is 1100. The topological polar surface area (TPSA) is 80.4 Å². The van der Waals surface area contributed by atoms with Gasteiger partial charge in [-0.2, -0.15) is 0 Å². The first-order valence-electron chi connectivity index (χ1n) is 9.01. The van der Waals surface area contributed by atoms with Crippen molar-refractivity contribution in [2.45, 2.75) is 12.3 Å². The highest BCUT2D eigenvalue weighted by Crippen LogP contribution is 2.49. The van der Waals surface area contributed by atoms with Crippen LogP contribution >= 0.6 is 0 Å². The van der Waals surface area contributed by atoms with E-state index in [9.17, 15) is 9.59 Å². The van der Waals surface area contributed by atoms with Crippen LogP contribution in [-0.4, -0.2) is 24.1 Å². The van der Waals surface area contributed by atoms with Gasteiger partial charge >= 0.3 is 0 Å². The van der Waals surface area contributed by atoms with Crippen molar-refractivity contribution < 1.29 is 14.3 Å². The Kier molecular flexibility index (Phi) is 3.63. The Morgan fingerprint density at radius 1 is 1.04 bits per heavy atom. The van der Waals surface area contributed by atoms with E-state index in [1.807, 2.05) is 18.2 Å². The lowest BCUT2D eigenvalue weighted by Crippen LogP contribution is -2.16. The number of ether oxygens (including phenoxy) is 2. The summed E-state index contributed by atoms with van der Waals surface area (Å²) in [6, 6.07) is 12.7. The molecule has 1 fully saturated rings. The molecule has 0 radical (unpaired) electrons. The fourth-order valence-electron chi connectivity index (χ4n) is 3.63. The molecule has 2 atom stereocenters. The maximum Gasteiger partial charge on any atom is 0.228 e. The highest BCUT2D eigenvalue weighted by Gasteiger charge is 2.44. The Morgan fingerprint density at radius 3 is 2.78 bits per heavy atom. The van der Waals surface area contributed by atoms with Gasteiger partial charge in [-0.3, -0.25) is 9.59 Å². The van der Waals surface area contributed by atoms with Gasteiger partial charge in [0, 0.05) is 29.3 Å². The number of hydrogen-bond donors (Lipinski definition) is 2. The van der Waals surface area contributed by atoms with Crippen LogP contribution in [0.25, 0.3) is 10.9 Å². The highest BCUT2D eigenvalue weighted by molar-refractivity contribution is 5.97. The van der Waals surface area contributed by atoms with Crippen molar-refractivity contribution >= 4 is 22.5 Å². The first kappa shape index (κ1) is 15.9. The molecular formula is C21H18N2O4. The van der Waals surface area contributed by atoms with E-state index in [-0.39, 0.29) is 23.2 Å². The molecule has 0 bridgehead atoms. The zero-order valence-corrected chi connectivity index (χ0v) is 14.5. The summed E-state index contributed by atoms with van der Waals surface area (Å²) in [7, 11) is 0. The number of benzene rings is 2. The SMILES string of the molecule is O=C(Nc1ccc2c(=O)cc[nH]c2c1)[C@@H]1C[C@@H]1c1ccc2c(c1)OCCO2. The summed E-state index contributed by atoms with van der Waals surface area (Å²) in [5.41, 5.74) is 2.45. The summed E-state index contributed by atoms with van der Waals surface area (Å²) in [5.74, 6) is 1.65. The minimum Gasteiger partial charge on any atom is -0.486 e. The summed E-state index contributed by atoms with van der Waals surface area (Å²) in [4.78, 5) is 27.5. The largest absolute Gasteiger partial charge is 0.486 e. The molecule has 3 aromatic rings. The minimum atomic E-state index is -0.0573. The molecule has 1 aliphatic heterocycles. The van der Waals surface area contributed by atoms with Crippen molar-refractivity contribution in [2.24, 2.45) is 5.92 Å². The number of H-pyrrole nitrogens is 1. The molecule has 0 spiro atoms. The van der Waals surface area contributed by atoms with Gasteiger partial charge in [-0.05, 0) is 48.2 Å². The second-order valence-electron chi connectivity index (χ2n) is 6.94. The average Bonchev–Trinajstić information content (AvgIpc) is 3.49. The van der Waals surface area contributed by atoms with Crippen LogP contribution in [0.1, 0.15) is 17.9 Å². The minimum absolute atomic E-state index is 0.00693. The van der Waals surface area contributed by atoms with Crippen LogP contribution in [0.4, 0.5) is 5.69 Å². The van der Waals surface area contributed by atoms with E-state index in [1.54, 1.807) is 24.4 Å². The number of nitrogens with one attached hydrogen (secondary N) is 2. The third-order valence-corrected chi connectivity index (χ3v) is 5.15. The second-order valence-corrected chi connectivity index (χ2v) is 6.94. The number of amides is 1. The van der Waals surface area contributed by atoms with Crippen LogP contribution in [0.15, 0.2) is 53.5 Å². The van der Waals surface area contributed by atoms with Crippen LogP contribution in [0.5, 0.6) is 11.5 Å². The molecule has 2 aliphatic rings. The lowest BCUT2D eigenvalue weighted by molar-refractivity contribution is -0.117. The Morgan fingerprint density at radius 2 is 1.89 bits per heavy atom. The number of fused-ring (bicyclic) bond motifs is 2. The van der Waals surface area contributed by atoms with Crippen molar-refractivity contribution in [3.63, 3.8) is 0 Å². The molecule has 1 aromatic heterocycles. The summed E-state index contributed by atoms with van der Waals surface area (Å²) in [5, 5.41) is 3.57. The molecule has 6 nitrogen and oxygen atoms in total. The van der Waals surface area contributed by atoms with Gasteiger partial charge in [0.1, 0.15) is 13.2 Å². The van der Waals surface area contributed by atoms with Gasteiger partial charge in [0.2, 0.25) is 5.91 Å². The second kappa shape index (κ2) is 6.16. The summed E-state index contributed by atoms with van der Waals surface area (Å²) >= 11 is 0. The van der Waals surface area contributed by atoms with Crippen LogP contribution in [-0.2, 0) is 4.79 Å². The van der Waals surface area contributed by atoms with Crippen LogP contribution < -0.4 is 20.2 Å². The maximum atomic E-state index is 12.6. The number of hydrogen-bond acceptors (Lipinski definition) is 4. The number of carbonyl (C=O) groups excluding carboxylic acids is 1. The first-order chi connectivity index (χ1) is 13.2. The molecule has 27 heavy (non-hydrogen) atoms. The summed E-state index contributed by atoms with van der Waals surface area (Å²) < 4.78 is 11.2. The van der Waals surface area contributed by atoms with Crippen LogP contribution in [0.2, 0.25) is 0 Å². The quantitative estimate of drug-likeness (QED) is 0.750. The average molecular weight is 362 g/mol. The lowest BCUT2D eigenvalue weighted by atomic mass is 10.1. The third-order valence-electron chi connectivity index (χ3n) is 5.15. The van der Waals surface area contributed by atoms with Gasteiger partial charge in [-0.15, -0.1) is 0 Å². The third kappa shape index (κ3) is 2.93. The molecule has 0 saturated heterocycles. The van der Waals surface area contributed by atoms with Crippen molar-refractivity contribution in [3.05, 3.63) is 64.4 Å². The predicted octanol–water partition coefficient (Wildman–Crippen LogP) is 3.04. The molecule has 5 rings (SSSR count). The zero-order chi connectivity index (χ0) is 18.4. The maximum absolute atomic E-state index is 12.6. The smallest absolute Gasteiger partial charge is 0.228 e. The predicted molar refractivity (Wildman–Crippen MR) is 101 cm³/mol. The van der Waals surface area contributed by atoms with E-state index >= 15 is 0 Å². The summed E-state index contributed by atoms with van der Waals surface area (Å²) in [6.45, 7) is 1.12. The molecule has 2 N–H and O–H groups in total. The molecule has 1 saturated carbocycles. The molecule has 1 aliphatic carbocycles. The number of pyridine rings is 1. The van der Waals surface area contributed by atoms with Crippen LogP contribution in [0, 0.1) is 5.92 Å². The highest BCUT2D eigenvalue weighted by atomic mass is 16.6. The van der Waals surface area contributed by atoms with Crippen molar-refractivity contribution in [1.82, 2.24) is 4.98 Å². The Labute approximate surface area is 155 Å². The number of rotatable bonds is 3. The van der Waals surface area contributed by atoms with Crippen molar-refractivity contribution in [2.75, 3.05) is 18.5 Å². The van der Waals surface area contributed by atoms with E-state index in [1.165, 1.54) is 6.07 Å². The van der Waals surface area contributed by atoms with E-state index in [0.717, 1.165) is 23.5 Å². The Hall–Kier alpha value is -3.28. The molecule has 2 aromatic carbocycles. The van der Waals surface area contributed by atoms with Gasteiger partial charge in [-0.1, -0.05) is 6.07 Å². The van der Waals surface area contributed by atoms with E-state index < -0.39 is 0 Å². The van der Waals surface area contributed by atoms with Crippen molar-refractivity contribution in [3.8, 4) is 11.5 Å². The molecule has 136 valence electrons. The number of aromatic amines is 1. The normalized spacial score (nSPS) is 20.3. The van der Waals surface area contributed by atoms with E-state index in [4.69, 9.17) is 9.47 Å². The molecule has 2 heterocycles. The van der Waals surface area contributed by atoms with E-state index in [2.05, 4.69) is 10.3 Å². The molecule has 1 amide bonds. The van der Waals surface area contributed by atoms with Crippen molar-refractivity contribution in [1.29, 1.82) is 0 Å². The fraction of sp³-hybridized carbons (Fsp3) is 0.238. The van der Waals surface area contributed by atoms with Gasteiger partial charge in [0.15, 0.2) is 16.9 Å². The molecule has 6 heteroatoms. The monoisotopic (exact) mass is 362 g/mol. The first-order valence-corrected chi connectivity index (χ1v) is 9.01. The fourth-order valence-corrected chi connectivity index (χ4v) is 3.63. The number of aromatic nitrogens is 1. The molecular weight excluding hydrogens is 344 g/mol. The Balaban J connectivity index is 1.31. The van der Waals surface area contributed by atoms with Gasteiger partial charge in [-0.25, -0.2) is 0 Å². The number of carbonyl (C=O) groups is 1.